The van der Waals surface area contributed by atoms with Crippen LogP contribution in [0.5, 0.6) is 11.5 Å². The number of carbonyl (C=O) groups is 2. The first kappa shape index (κ1) is 20.5. The Kier molecular flexibility index (Phi) is 5.64. The Hall–Kier alpha value is -3.27. The Morgan fingerprint density at radius 1 is 1.07 bits per heavy atom. The lowest BCUT2D eigenvalue weighted by Crippen LogP contribution is -2.28. The van der Waals surface area contributed by atoms with E-state index in [1.54, 1.807) is 19.1 Å². The summed E-state index contributed by atoms with van der Waals surface area (Å²) >= 11 is 0. The van der Waals surface area contributed by atoms with E-state index in [1.165, 1.54) is 25.1 Å². The van der Waals surface area contributed by atoms with E-state index in [-0.39, 0.29) is 24.0 Å². The van der Waals surface area contributed by atoms with Crippen LogP contribution in [0.25, 0.3) is 0 Å². The molecule has 1 aliphatic heterocycles. The zero-order valence-corrected chi connectivity index (χ0v) is 16.9. The van der Waals surface area contributed by atoms with E-state index in [1.807, 2.05) is 6.07 Å². The van der Waals surface area contributed by atoms with Gasteiger partial charge in [-0.1, -0.05) is 6.07 Å². The minimum atomic E-state index is -3.60. The molecule has 1 atom stereocenters. The van der Waals surface area contributed by atoms with Crippen molar-refractivity contribution in [2.75, 3.05) is 23.1 Å². The Balaban J connectivity index is 1.86. The van der Waals surface area contributed by atoms with Gasteiger partial charge in [0.15, 0.2) is 11.5 Å². The zero-order valence-electron chi connectivity index (χ0n) is 16.1. The summed E-state index contributed by atoms with van der Waals surface area (Å²) in [6.07, 6.45) is 0.992. The van der Waals surface area contributed by atoms with Crippen LogP contribution in [0, 0.1) is 0 Å². The number of sulfonamides is 1. The van der Waals surface area contributed by atoms with E-state index < -0.39 is 22.0 Å². The van der Waals surface area contributed by atoms with Crippen molar-refractivity contribution in [3.05, 3.63) is 47.5 Å². The van der Waals surface area contributed by atoms with Gasteiger partial charge < -0.3 is 20.1 Å². The average Bonchev–Trinajstić information content (AvgIpc) is 3.09. The van der Waals surface area contributed by atoms with Crippen molar-refractivity contribution in [1.29, 1.82) is 0 Å². The number of anilines is 2. The summed E-state index contributed by atoms with van der Waals surface area (Å²) in [5.41, 5.74) is 1.35. The molecule has 1 heterocycles. The Morgan fingerprint density at radius 3 is 2.48 bits per heavy atom. The number of rotatable bonds is 6. The van der Waals surface area contributed by atoms with Gasteiger partial charge in [-0.2, -0.15) is 0 Å². The monoisotopic (exact) mass is 419 g/mol. The van der Waals surface area contributed by atoms with Crippen LogP contribution < -0.4 is 24.8 Å². The van der Waals surface area contributed by atoms with Gasteiger partial charge >= 0.3 is 0 Å². The third kappa shape index (κ3) is 5.17. The number of fused-ring (bicyclic) bond motifs is 1. The van der Waals surface area contributed by atoms with Gasteiger partial charge in [-0.15, -0.1) is 0 Å². The van der Waals surface area contributed by atoms with E-state index in [0.29, 0.717) is 17.2 Å². The normalized spacial score (nSPS) is 13.5. The van der Waals surface area contributed by atoms with Crippen LogP contribution in [0.1, 0.15) is 35.8 Å². The standard InChI is InChI=1S/C19H21N3O6S/c1-11(13-4-7-17-18(8-13)28-10-27-17)20-19(24)15-9-14(21-12(2)23)5-6-16(15)22-29(3,25)26/h4-9,11,22H,10H2,1-3H3,(H,20,24)(H,21,23). The Bertz CT molecular complexity index is 1070. The molecular weight excluding hydrogens is 398 g/mol. The third-order valence-electron chi connectivity index (χ3n) is 4.12. The summed E-state index contributed by atoms with van der Waals surface area (Å²) in [5, 5.41) is 5.40. The average molecular weight is 419 g/mol. The molecular formula is C19H21N3O6S. The van der Waals surface area contributed by atoms with Gasteiger partial charge in [0.1, 0.15) is 0 Å². The van der Waals surface area contributed by atoms with Gasteiger partial charge in [0.25, 0.3) is 5.91 Å². The highest BCUT2D eigenvalue weighted by molar-refractivity contribution is 7.92. The summed E-state index contributed by atoms with van der Waals surface area (Å²) in [5.74, 6) is 0.410. The van der Waals surface area contributed by atoms with Crippen molar-refractivity contribution in [3.63, 3.8) is 0 Å². The highest BCUT2D eigenvalue weighted by atomic mass is 32.2. The summed E-state index contributed by atoms with van der Waals surface area (Å²) in [4.78, 5) is 24.2. The number of hydrogen-bond donors (Lipinski definition) is 3. The van der Waals surface area contributed by atoms with E-state index in [2.05, 4.69) is 15.4 Å². The quantitative estimate of drug-likeness (QED) is 0.660. The number of amides is 2. The molecule has 0 radical (unpaired) electrons. The molecule has 3 rings (SSSR count). The fraction of sp³-hybridized carbons (Fsp3) is 0.263. The minimum Gasteiger partial charge on any atom is -0.454 e. The van der Waals surface area contributed by atoms with Gasteiger partial charge in [-0.05, 0) is 42.8 Å². The second-order valence-electron chi connectivity index (χ2n) is 6.62. The lowest BCUT2D eigenvalue weighted by Gasteiger charge is -2.17. The van der Waals surface area contributed by atoms with E-state index in [9.17, 15) is 18.0 Å². The van der Waals surface area contributed by atoms with Crippen molar-refractivity contribution in [1.82, 2.24) is 5.32 Å². The lowest BCUT2D eigenvalue weighted by molar-refractivity contribution is -0.114. The van der Waals surface area contributed by atoms with Gasteiger partial charge in [-0.3, -0.25) is 14.3 Å². The summed E-state index contributed by atoms with van der Waals surface area (Å²) in [7, 11) is -3.60. The molecule has 1 unspecified atom stereocenters. The van der Waals surface area contributed by atoms with Crippen LogP contribution in [-0.2, 0) is 14.8 Å². The van der Waals surface area contributed by atoms with Gasteiger partial charge in [0.05, 0.1) is 23.5 Å². The van der Waals surface area contributed by atoms with Crippen LogP contribution in [0.4, 0.5) is 11.4 Å². The molecule has 29 heavy (non-hydrogen) atoms. The van der Waals surface area contributed by atoms with Crippen LogP contribution in [0.2, 0.25) is 0 Å². The second-order valence-corrected chi connectivity index (χ2v) is 8.37. The summed E-state index contributed by atoms with van der Waals surface area (Å²) in [6, 6.07) is 9.29. The predicted octanol–water partition coefficient (Wildman–Crippen LogP) is 2.24. The first-order valence-electron chi connectivity index (χ1n) is 8.72. The summed E-state index contributed by atoms with van der Waals surface area (Å²) < 4.78 is 36.3. The van der Waals surface area contributed by atoms with Crippen LogP contribution in [-0.4, -0.2) is 33.3 Å². The molecule has 9 nitrogen and oxygen atoms in total. The van der Waals surface area contributed by atoms with Gasteiger partial charge in [0, 0.05) is 12.6 Å². The molecule has 0 bridgehead atoms. The second kappa shape index (κ2) is 8.00. The lowest BCUT2D eigenvalue weighted by atomic mass is 10.1. The molecule has 0 fully saturated rings. The number of nitrogens with one attached hydrogen (secondary N) is 3. The van der Waals surface area contributed by atoms with Gasteiger partial charge in [-0.25, -0.2) is 8.42 Å². The molecule has 2 aromatic carbocycles. The molecule has 3 N–H and O–H groups in total. The number of ether oxygens (including phenoxy) is 2. The van der Waals surface area contributed by atoms with E-state index in [4.69, 9.17) is 9.47 Å². The maximum Gasteiger partial charge on any atom is 0.253 e. The van der Waals surface area contributed by atoms with E-state index >= 15 is 0 Å². The Labute approximate surface area is 168 Å². The molecule has 1 aliphatic rings. The maximum atomic E-state index is 12.9. The molecule has 0 saturated heterocycles. The largest absolute Gasteiger partial charge is 0.454 e. The van der Waals surface area contributed by atoms with Crippen LogP contribution in [0.3, 0.4) is 0 Å². The van der Waals surface area contributed by atoms with E-state index in [0.717, 1.165) is 11.8 Å². The fourth-order valence-electron chi connectivity index (χ4n) is 2.84. The molecule has 0 aliphatic carbocycles. The zero-order chi connectivity index (χ0) is 21.2. The van der Waals surface area contributed by atoms with Crippen molar-refractivity contribution < 1.29 is 27.5 Å². The van der Waals surface area contributed by atoms with Gasteiger partial charge in [0.2, 0.25) is 22.7 Å². The fourth-order valence-corrected chi connectivity index (χ4v) is 3.42. The molecule has 0 aromatic heterocycles. The summed E-state index contributed by atoms with van der Waals surface area (Å²) in [6.45, 7) is 3.27. The Morgan fingerprint density at radius 2 is 1.79 bits per heavy atom. The molecule has 0 spiro atoms. The molecule has 10 heteroatoms. The highest BCUT2D eigenvalue weighted by Gasteiger charge is 2.20. The molecule has 2 amide bonds. The predicted molar refractivity (Wildman–Crippen MR) is 108 cm³/mol. The molecule has 154 valence electrons. The topological polar surface area (TPSA) is 123 Å². The van der Waals surface area contributed by atoms with Crippen molar-refractivity contribution in [3.8, 4) is 11.5 Å². The number of benzene rings is 2. The first-order chi connectivity index (χ1) is 13.6. The number of carbonyl (C=O) groups excluding carboxylic acids is 2. The molecule has 0 saturated carbocycles. The third-order valence-corrected chi connectivity index (χ3v) is 4.71. The number of hydrogen-bond acceptors (Lipinski definition) is 6. The van der Waals surface area contributed by atoms with Crippen molar-refractivity contribution in [2.45, 2.75) is 19.9 Å². The molecule has 2 aromatic rings. The van der Waals surface area contributed by atoms with Crippen LogP contribution in [0.15, 0.2) is 36.4 Å². The smallest absolute Gasteiger partial charge is 0.253 e. The first-order valence-corrected chi connectivity index (χ1v) is 10.6. The van der Waals surface area contributed by atoms with Crippen LogP contribution >= 0.6 is 0 Å². The minimum absolute atomic E-state index is 0.0780. The SMILES string of the molecule is CC(=O)Nc1ccc(NS(C)(=O)=O)c(C(=O)NC(C)c2ccc3c(c2)OCO3)c1. The van der Waals surface area contributed by atoms with Crippen molar-refractivity contribution >= 4 is 33.2 Å². The highest BCUT2D eigenvalue weighted by Crippen LogP contribution is 2.34. The van der Waals surface area contributed by atoms with Crippen molar-refractivity contribution in [2.24, 2.45) is 0 Å². The maximum absolute atomic E-state index is 12.9.